The fourth-order valence-electron chi connectivity index (χ4n) is 2.59. The molecule has 0 aliphatic carbocycles. The van der Waals surface area contributed by atoms with Gasteiger partial charge in [-0.05, 0) is 30.2 Å². The molecule has 0 aromatic heterocycles. The summed E-state index contributed by atoms with van der Waals surface area (Å²) >= 11 is 0. The van der Waals surface area contributed by atoms with E-state index in [2.05, 4.69) is 15.3 Å². The van der Waals surface area contributed by atoms with E-state index in [1.54, 1.807) is 13.0 Å². The van der Waals surface area contributed by atoms with Crippen LogP contribution in [0.1, 0.15) is 24.9 Å². The number of nitrogens with zero attached hydrogens (tertiary/aromatic N) is 3. The van der Waals surface area contributed by atoms with Gasteiger partial charge >= 0.3 is 5.97 Å². The number of methoxy groups -OCH3 is 1. The SMILES string of the molecule is CCOC(=O)C[C@H](NCCOCCOCCOCCN=[N+]=[N-])c1ccc(OC)c(F)c1. The van der Waals surface area contributed by atoms with Crippen molar-refractivity contribution in [3.63, 3.8) is 0 Å². The van der Waals surface area contributed by atoms with Crippen molar-refractivity contribution >= 4 is 5.97 Å². The monoisotopic (exact) mass is 442 g/mol. The molecule has 1 aromatic carbocycles. The van der Waals surface area contributed by atoms with Crippen LogP contribution in [0.15, 0.2) is 23.3 Å². The number of nitrogens with one attached hydrogen (secondary N) is 1. The molecule has 11 heteroatoms. The van der Waals surface area contributed by atoms with Gasteiger partial charge in [-0.15, -0.1) is 0 Å². The van der Waals surface area contributed by atoms with Crippen molar-refractivity contribution in [3.8, 4) is 5.75 Å². The highest BCUT2D eigenvalue weighted by Crippen LogP contribution is 2.24. The topological polar surface area (TPSA) is 124 Å². The molecule has 31 heavy (non-hydrogen) atoms. The summed E-state index contributed by atoms with van der Waals surface area (Å²) < 4.78 is 40.1. The van der Waals surface area contributed by atoms with Crippen molar-refractivity contribution in [2.24, 2.45) is 5.11 Å². The van der Waals surface area contributed by atoms with Crippen molar-refractivity contribution < 1.29 is 32.9 Å². The van der Waals surface area contributed by atoms with E-state index in [1.807, 2.05) is 0 Å². The van der Waals surface area contributed by atoms with Gasteiger partial charge in [0.05, 0.1) is 59.8 Å². The first-order chi connectivity index (χ1) is 15.1. The zero-order chi connectivity index (χ0) is 22.7. The predicted molar refractivity (Wildman–Crippen MR) is 111 cm³/mol. The number of ether oxygens (including phenoxy) is 5. The quantitative estimate of drug-likeness (QED) is 0.122. The normalized spacial score (nSPS) is 11.6. The molecule has 10 nitrogen and oxygen atoms in total. The Bertz CT molecular complexity index is 688. The van der Waals surface area contributed by atoms with E-state index in [0.29, 0.717) is 58.3 Å². The van der Waals surface area contributed by atoms with Gasteiger partial charge in [0.15, 0.2) is 11.6 Å². The average Bonchev–Trinajstić information content (AvgIpc) is 2.76. The molecule has 1 atom stereocenters. The molecule has 0 radical (unpaired) electrons. The summed E-state index contributed by atoms with van der Waals surface area (Å²) in [5, 5.41) is 6.55. The van der Waals surface area contributed by atoms with E-state index < -0.39 is 11.9 Å². The molecule has 1 aromatic rings. The van der Waals surface area contributed by atoms with E-state index in [0.717, 1.165) is 0 Å². The van der Waals surface area contributed by atoms with Crippen molar-refractivity contribution in [2.45, 2.75) is 19.4 Å². The van der Waals surface area contributed by atoms with Crippen molar-refractivity contribution in [1.29, 1.82) is 0 Å². The van der Waals surface area contributed by atoms with E-state index in [-0.39, 0.29) is 24.7 Å². The van der Waals surface area contributed by atoms with Crippen LogP contribution in [-0.2, 0) is 23.7 Å². The summed E-state index contributed by atoms with van der Waals surface area (Å²) in [4.78, 5) is 14.5. The molecule has 0 aliphatic rings. The lowest BCUT2D eigenvalue weighted by Crippen LogP contribution is -2.28. The van der Waals surface area contributed by atoms with Crippen molar-refractivity contribution in [3.05, 3.63) is 40.0 Å². The first-order valence-corrected chi connectivity index (χ1v) is 10.1. The molecule has 1 rings (SSSR count). The van der Waals surface area contributed by atoms with Crippen molar-refractivity contribution in [2.75, 3.05) is 66.4 Å². The Labute approximate surface area is 181 Å². The van der Waals surface area contributed by atoms with Crippen LogP contribution in [0.5, 0.6) is 5.75 Å². The van der Waals surface area contributed by atoms with Gasteiger partial charge in [0.25, 0.3) is 0 Å². The molecule has 0 aliphatic heterocycles. The summed E-state index contributed by atoms with van der Waals surface area (Å²) in [5.41, 5.74) is 8.75. The largest absolute Gasteiger partial charge is 0.494 e. The number of carbonyl (C=O) groups excluding carboxylic acids is 1. The van der Waals surface area contributed by atoms with E-state index in [4.69, 9.17) is 29.2 Å². The molecular weight excluding hydrogens is 411 g/mol. The summed E-state index contributed by atoms with van der Waals surface area (Å²) in [5.74, 6) is -0.721. The highest BCUT2D eigenvalue weighted by atomic mass is 19.1. The minimum absolute atomic E-state index is 0.0718. The van der Waals surface area contributed by atoms with Crippen LogP contribution < -0.4 is 10.1 Å². The standard InChI is InChI=1S/C20H31FN4O6/c1-3-31-20(26)15-18(16-4-5-19(27-2)17(21)14-16)23-6-8-28-10-12-30-13-11-29-9-7-24-25-22/h4-5,14,18,23H,3,6-13,15H2,1-2H3/t18-/m0/s1. The highest BCUT2D eigenvalue weighted by Gasteiger charge is 2.18. The van der Waals surface area contributed by atoms with Crippen LogP contribution in [0.2, 0.25) is 0 Å². The number of azide groups is 1. The second-order valence-corrected chi connectivity index (χ2v) is 6.20. The third-order valence-electron chi connectivity index (χ3n) is 4.03. The van der Waals surface area contributed by atoms with Gasteiger partial charge in [0, 0.05) is 24.0 Å². The Morgan fingerprint density at radius 3 is 2.45 bits per heavy atom. The van der Waals surface area contributed by atoms with Gasteiger partial charge in [-0.1, -0.05) is 11.2 Å². The maximum Gasteiger partial charge on any atom is 0.307 e. The first kappa shape index (κ1) is 26.6. The van der Waals surface area contributed by atoms with Crippen LogP contribution in [0.3, 0.4) is 0 Å². The molecule has 0 bridgehead atoms. The van der Waals surface area contributed by atoms with Crippen LogP contribution in [0, 0.1) is 5.82 Å². The summed E-state index contributed by atoms with van der Waals surface area (Å²) in [6.45, 7) is 5.18. The van der Waals surface area contributed by atoms with Gasteiger partial charge < -0.3 is 29.0 Å². The zero-order valence-corrected chi connectivity index (χ0v) is 18.0. The molecule has 174 valence electrons. The molecule has 0 saturated carbocycles. The van der Waals surface area contributed by atoms with Gasteiger partial charge in [0.2, 0.25) is 0 Å². The minimum Gasteiger partial charge on any atom is -0.494 e. The van der Waals surface area contributed by atoms with Crippen LogP contribution in [-0.4, -0.2) is 72.4 Å². The van der Waals surface area contributed by atoms with Gasteiger partial charge in [-0.3, -0.25) is 4.79 Å². The summed E-state index contributed by atoms with van der Waals surface area (Å²) in [6.07, 6.45) is 0.0718. The average molecular weight is 442 g/mol. The number of carbonyl (C=O) groups is 1. The third-order valence-corrected chi connectivity index (χ3v) is 4.03. The fraction of sp³-hybridized carbons (Fsp3) is 0.650. The maximum atomic E-state index is 14.1. The number of esters is 1. The lowest BCUT2D eigenvalue weighted by molar-refractivity contribution is -0.143. The number of hydrogen-bond donors (Lipinski definition) is 1. The number of rotatable bonds is 18. The molecular formula is C20H31FN4O6. The number of halogens is 1. The molecule has 0 heterocycles. The molecule has 0 unspecified atom stereocenters. The highest BCUT2D eigenvalue weighted by molar-refractivity contribution is 5.70. The Balaban J connectivity index is 2.29. The molecule has 0 spiro atoms. The lowest BCUT2D eigenvalue weighted by Gasteiger charge is -2.19. The second-order valence-electron chi connectivity index (χ2n) is 6.20. The van der Waals surface area contributed by atoms with E-state index in [1.165, 1.54) is 19.2 Å². The number of benzene rings is 1. The molecule has 1 N–H and O–H groups in total. The van der Waals surface area contributed by atoms with Gasteiger partial charge in [-0.2, -0.15) is 0 Å². The van der Waals surface area contributed by atoms with Gasteiger partial charge in [-0.25, -0.2) is 4.39 Å². The zero-order valence-electron chi connectivity index (χ0n) is 18.0. The second kappa shape index (κ2) is 17.3. The van der Waals surface area contributed by atoms with Crippen LogP contribution in [0.4, 0.5) is 4.39 Å². The molecule has 0 fully saturated rings. The van der Waals surface area contributed by atoms with E-state index >= 15 is 0 Å². The summed E-state index contributed by atoms with van der Waals surface area (Å²) in [6, 6.07) is 4.17. The first-order valence-electron chi connectivity index (χ1n) is 10.1. The summed E-state index contributed by atoms with van der Waals surface area (Å²) in [7, 11) is 1.40. The minimum atomic E-state index is -0.495. The molecule has 0 amide bonds. The smallest absolute Gasteiger partial charge is 0.307 e. The third kappa shape index (κ3) is 12.1. The number of hydrogen-bond acceptors (Lipinski definition) is 8. The molecule has 0 saturated heterocycles. The van der Waals surface area contributed by atoms with Gasteiger partial charge in [0.1, 0.15) is 0 Å². The maximum absolute atomic E-state index is 14.1. The van der Waals surface area contributed by atoms with E-state index in [9.17, 15) is 9.18 Å². The lowest BCUT2D eigenvalue weighted by atomic mass is 10.0. The Hall–Kier alpha value is -2.43. The Morgan fingerprint density at radius 2 is 1.84 bits per heavy atom. The Kier molecular flexibility index (Phi) is 14.8. The van der Waals surface area contributed by atoms with Crippen molar-refractivity contribution in [1.82, 2.24) is 5.32 Å². The van der Waals surface area contributed by atoms with Crippen LogP contribution in [0.25, 0.3) is 10.4 Å². The Morgan fingerprint density at radius 1 is 1.16 bits per heavy atom. The fourth-order valence-corrected chi connectivity index (χ4v) is 2.59. The van der Waals surface area contributed by atoms with Crippen LogP contribution >= 0.6 is 0 Å². The predicted octanol–water partition coefficient (Wildman–Crippen LogP) is 2.78.